The van der Waals surface area contributed by atoms with Gasteiger partial charge in [0.1, 0.15) is 4.34 Å². The van der Waals surface area contributed by atoms with Gasteiger partial charge in [-0.3, -0.25) is 4.79 Å². The van der Waals surface area contributed by atoms with E-state index in [0.29, 0.717) is 12.5 Å². The standard InChI is InChI=1S/C15H24N2O2S2/c1-4-11(13-9(3)17-15(21-13)20-5-2)14(19)16-8-12(18)10-6-7-10/h10-12,18H,4-8H2,1-3H3,(H,16,19). The van der Waals surface area contributed by atoms with Crippen LogP contribution in [0, 0.1) is 12.8 Å². The van der Waals surface area contributed by atoms with Gasteiger partial charge in [0.15, 0.2) is 0 Å². The highest BCUT2D eigenvalue weighted by molar-refractivity contribution is 8.01. The lowest BCUT2D eigenvalue weighted by molar-refractivity contribution is -0.123. The highest BCUT2D eigenvalue weighted by atomic mass is 32.2. The van der Waals surface area contributed by atoms with Gasteiger partial charge in [-0.05, 0) is 37.9 Å². The molecule has 1 aromatic heterocycles. The monoisotopic (exact) mass is 328 g/mol. The molecule has 0 saturated heterocycles. The average Bonchev–Trinajstić information content (AvgIpc) is 3.24. The molecular formula is C15H24N2O2S2. The van der Waals surface area contributed by atoms with Crippen LogP contribution in [0.3, 0.4) is 0 Å². The smallest absolute Gasteiger partial charge is 0.228 e. The highest BCUT2D eigenvalue weighted by Gasteiger charge is 2.31. The van der Waals surface area contributed by atoms with Crippen LogP contribution >= 0.6 is 23.1 Å². The predicted molar refractivity (Wildman–Crippen MR) is 88.0 cm³/mol. The largest absolute Gasteiger partial charge is 0.391 e. The zero-order valence-electron chi connectivity index (χ0n) is 12.9. The van der Waals surface area contributed by atoms with E-state index in [4.69, 9.17) is 0 Å². The number of nitrogens with one attached hydrogen (secondary N) is 1. The van der Waals surface area contributed by atoms with E-state index in [1.54, 1.807) is 23.1 Å². The normalized spacial score (nSPS) is 17.5. The number of hydrogen-bond donors (Lipinski definition) is 2. The topological polar surface area (TPSA) is 62.2 Å². The SMILES string of the molecule is CCSc1nc(C)c(C(CC)C(=O)NCC(O)C2CC2)s1. The Morgan fingerprint density at radius 2 is 2.24 bits per heavy atom. The van der Waals surface area contributed by atoms with Crippen molar-refractivity contribution in [2.24, 2.45) is 5.92 Å². The van der Waals surface area contributed by atoms with Gasteiger partial charge in [0.25, 0.3) is 0 Å². The average molecular weight is 329 g/mol. The molecule has 21 heavy (non-hydrogen) atoms. The number of carbonyl (C=O) groups is 1. The molecule has 118 valence electrons. The molecule has 0 aliphatic heterocycles. The van der Waals surface area contributed by atoms with Gasteiger partial charge in [-0.1, -0.05) is 25.6 Å². The van der Waals surface area contributed by atoms with Gasteiger partial charge in [-0.2, -0.15) is 0 Å². The molecule has 0 spiro atoms. The molecule has 1 saturated carbocycles. The van der Waals surface area contributed by atoms with Crippen LogP contribution in [0.4, 0.5) is 0 Å². The minimum absolute atomic E-state index is 0.0111. The van der Waals surface area contributed by atoms with E-state index in [9.17, 15) is 9.90 Å². The second-order valence-corrected chi connectivity index (χ2v) is 8.02. The lowest BCUT2D eigenvalue weighted by Crippen LogP contribution is -2.36. The van der Waals surface area contributed by atoms with Gasteiger partial charge in [-0.15, -0.1) is 11.3 Å². The van der Waals surface area contributed by atoms with E-state index in [1.807, 2.05) is 13.8 Å². The number of rotatable bonds is 8. The molecule has 0 aromatic carbocycles. The van der Waals surface area contributed by atoms with E-state index in [1.165, 1.54) is 0 Å². The third kappa shape index (κ3) is 4.44. The third-order valence-corrected chi connectivity index (χ3v) is 6.07. The zero-order chi connectivity index (χ0) is 15.4. The molecule has 6 heteroatoms. The van der Waals surface area contributed by atoms with Crippen LogP contribution < -0.4 is 5.32 Å². The van der Waals surface area contributed by atoms with E-state index in [2.05, 4.69) is 17.2 Å². The first-order chi connectivity index (χ1) is 10.1. The Bertz CT molecular complexity index is 486. The Morgan fingerprint density at radius 3 is 2.81 bits per heavy atom. The molecule has 1 fully saturated rings. The molecule has 2 atom stereocenters. The maximum Gasteiger partial charge on any atom is 0.228 e. The Hall–Kier alpha value is -0.590. The number of aliphatic hydroxyl groups excluding tert-OH is 1. The lowest BCUT2D eigenvalue weighted by atomic mass is 10.0. The second-order valence-electron chi connectivity index (χ2n) is 5.47. The van der Waals surface area contributed by atoms with Crippen LogP contribution in [0.15, 0.2) is 4.34 Å². The number of thioether (sulfide) groups is 1. The number of aromatic nitrogens is 1. The molecule has 2 rings (SSSR count). The number of nitrogens with zero attached hydrogens (tertiary/aromatic N) is 1. The minimum atomic E-state index is -0.389. The van der Waals surface area contributed by atoms with Crippen LogP contribution in [-0.2, 0) is 4.79 Å². The summed E-state index contributed by atoms with van der Waals surface area (Å²) in [6, 6.07) is 0. The summed E-state index contributed by atoms with van der Waals surface area (Å²) in [4.78, 5) is 18.0. The second kappa shape index (κ2) is 7.61. The quantitative estimate of drug-likeness (QED) is 0.720. The summed E-state index contributed by atoms with van der Waals surface area (Å²) >= 11 is 3.34. The first-order valence-corrected chi connectivity index (χ1v) is 9.42. The van der Waals surface area contributed by atoms with Gasteiger partial charge in [0, 0.05) is 11.4 Å². The maximum atomic E-state index is 12.4. The van der Waals surface area contributed by atoms with Crippen molar-refractivity contribution in [3.8, 4) is 0 Å². The van der Waals surface area contributed by atoms with Crippen molar-refractivity contribution in [2.75, 3.05) is 12.3 Å². The summed E-state index contributed by atoms with van der Waals surface area (Å²) in [5, 5.41) is 12.8. The van der Waals surface area contributed by atoms with Crippen molar-refractivity contribution in [3.63, 3.8) is 0 Å². The summed E-state index contributed by atoms with van der Waals surface area (Å²) in [6.07, 6.45) is 2.53. The number of aliphatic hydroxyl groups is 1. The van der Waals surface area contributed by atoms with Crippen LogP contribution in [0.5, 0.6) is 0 Å². The maximum absolute atomic E-state index is 12.4. The summed E-state index contributed by atoms with van der Waals surface area (Å²) in [5.74, 6) is 1.24. The fourth-order valence-electron chi connectivity index (χ4n) is 2.36. The molecule has 4 nitrogen and oxygen atoms in total. The third-order valence-electron chi connectivity index (χ3n) is 3.77. The lowest BCUT2D eigenvalue weighted by Gasteiger charge is -2.16. The van der Waals surface area contributed by atoms with Gasteiger partial charge >= 0.3 is 0 Å². The Balaban J connectivity index is 1.98. The number of aryl methyl sites for hydroxylation is 1. The van der Waals surface area contributed by atoms with Crippen molar-refractivity contribution < 1.29 is 9.90 Å². The van der Waals surface area contributed by atoms with E-state index >= 15 is 0 Å². The van der Waals surface area contributed by atoms with E-state index in [-0.39, 0.29) is 17.9 Å². The summed E-state index contributed by atoms with van der Waals surface area (Å²) < 4.78 is 1.04. The summed E-state index contributed by atoms with van der Waals surface area (Å²) in [5.41, 5.74) is 0.959. The molecule has 2 N–H and O–H groups in total. The van der Waals surface area contributed by atoms with Crippen molar-refractivity contribution in [1.29, 1.82) is 0 Å². The highest BCUT2D eigenvalue weighted by Crippen LogP contribution is 2.34. The fourth-order valence-corrected chi connectivity index (χ4v) is 4.64. The van der Waals surface area contributed by atoms with Gasteiger partial charge in [-0.25, -0.2) is 4.98 Å². The predicted octanol–water partition coefficient (Wildman–Crippen LogP) is 2.94. The van der Waals surface area contributed by atoms with E-state index in [0.717, 1.165) is 39.9 Å². The van der Waals surface area contributed by atoms with Crippen LogP contribution in [0.2, 0.25) is 0 Å². The first kappa shape index (κ1) is 16.8. The fraction of sp³-hybridized carbons (Fsp3) is 0.733. The van der Waals surface area contributed by atoms with Gasteiger partial charge < -0.3 is 10.4 Å². The van der Waals surface area contributed by atoms with Crippen LogP contribution in [0.1, 0.15) is 49.6 Å². The Morgan fingerprint density at radius 1 is 1.52 bits per heavy atom. The summed E-state index contributed by atoms with van der Waals surface area (Å²) in [7, 11) is 0. The van der Waals surface area contributed by atoms with E-state index < -0.39 is 0 Å². The number of hydrogen-bond acceptors (Lipinski definition) is 5. The van der Waals surface area contributed by atoms with Crippen molar-refractivity contribution in [2.45, 2.75) is 56.4 Å². The molecule has 1 amide bonds. The molecule has 1 aliphatic carbocycles. The first-order valence-electron chi connectivity index (χ1n) is 7.62. The van der Waals surface area contributed by atoms with Crippen LogP contribution in [0.25, 0.3) is 0 Å². The number of thiazole rings is 1. The molecule has 1 aromatic rings. The van der Waals surface area contributed by atoms with Gasteiger partial charge in [0.05, 0.1) is 17.7 Å². The van der Waals surface area contributed by atoms with Crippen LogP contribution in [-0.4, -0.2) is 34.4 Å². The van der Waals surface area contributed by atoms with Crippen molar-refractivity contribution in [1.82, 2.24) is 10.3 Å². The molecule has 1 aliphatic rings. The van der Waals surface area contributed by atoms with Gasteiger partial charge in [0.2, 0.25) is 5.91 Å². The van der Waals surface area contributed by atoms with Crippen molar-refractivity contribution in [3.05, 3.63) is 10.6 Å². The number of carbonyl (C=O) groups excluding carboxylic acids is 1. The zero-order valence-corrected chi connectivity index (χ0v) is 14.5. The molecule has 0 bridgehead atoms. The summed E-state index contributed by atoms with van der Waals surface area (Å²) in [6.45, 7) is 6.46. The Kier molecular flexibility index (Phi) is 6.08. The molecule has 1 heterocycles. The molecule has 2 unspecified atom stereocenters. The number of amides is 1. The molecule has 0 radical (unpaired) electrons. The Labute approximate surface area is 134 Å². The van der Waals surface area contributed by atoms with Crippen molar-refractivity contribution >= 4 is 29.0 Å². The minimum Gasteiger partial charge on any atom is -0.391 e. The molecular weight excluding hydrogens is 304 g/mol.